The number of benzene rings is 1. The largest absolute Gasteiger partial charge is 0.313 e. The molecule has 1 heterocycles. The van der Waals surface area contributed by atoms with Gasteiger partial charge in [-0.05, 0) is 42.3 Å². The molecule has 0 atom stereocenters. The minimum atomic E-state index is -0.277. The Morgan fingerprint density at radius 1 is 1.20 bits per heavy atom. The summed E-state index contributed by atoms with van der Waals surface area (Å²) in [5, 5.41) is 3.39. The van der Waals surface area contributed by atoms with E-state index >= 15 is 0 Å². The van der Waals surface area contributed by atoms with Crippen LogP contribution >= 0.6 is 11.8 Å². The van der Waals surface area contributed by atoms with Crippen LogP contribution in [0.5, 0.6) is 0 Å². The van der Waals surface area contributed by atoms with E-state index in [9.17, 15) is 4.39 Å². The molecule has 2 aromatic rings. The number of aromatic nitrogens is 1. The van der Waals surface area contributed by atoms with Gasteiger partial charge in [0, 0.05) is 23.4 Å². The van der Waals surface area contributed by atoms with Gasteiger partial charge in [0.05, 0.1) is 6.20 Å². The molecule has 0 radical (unpaired) electrons. The summed E-state index contributed by atoms with van der Waals surface area (Å²) in [5.74, 6) is 0.456. The Kier molecular flexibility index (Phi) is 6.02. The lowest BCUT2D eigenvalue weighted by Gasteiger charge is -2.06. The summed E-state index contributed by atoms with van der Waals surface area (Å²) in [7, 11) is 0. The molecule has 1 aromatic heterocycles. The molecular weight excluding hydrogens is 271 g/mol. The second kappa shape index (κ2) is 8.02. The number of rotatable bonds is 7. The van der Waals surface area contributed by atoms with Gasteiger partial charge in [-0.2, -0.15) is 0 Å². The Bertz CT molecular complexity index is 546. The van der Waals surface area contributed by atoms with E-state index in [1.165, 1.54) is 22.7 Å². The van der Waals surface area contributed by atoms with Gasteiger partial charge in [-0.15, -0.1) is 11.8 Å². The molecular formula is C16H19FN2S. The van der Waals surface area contributed by atoms with Gasteiger partial charge in [0.1, 0.15) is 5.82 Å². The van der Waals surface area contributed by atoms with Crippen molar-refractivity contribution in [2.45, 2.75) is 30.5 Å². The lowest BCUT2D eigenvalue weighted by molar-refractivity contribution is 0.619. The van der Waals surface area contributed by atoms with Crippen LogP contribution in [-0.2, 0) is 12.3 Å². The van der Waals surface area contributed by atoms with E-state index < -0.39 is 0 Å². The molecule has 0 aliphatic heterocycles. The highest BCUT2D eigenvalue weighted by molar-refractivity contribution is 7.98. The molecule has 1 N–H and O–H groups in total. The first kappa shape index (κ1) is 15.0. The van der Waals surface area contributed by atoms with E-state index in [1.54, 1.807) is 18.0 Å². The van der Waals surface area contributed by atoms with Crippen LogP contribution in [0.15, 0.2) is 47.6 Å². The third-order valence-electron chi connectivity index (χ3n) is 2.82. The molecule has 0 aliphatic rings. The SMILES string of the molecule is CCCNCc1cccc(SCc2cncc(F)c2)c1. The standard InChI is InChI=1S/C16H19FN2S/c1-2-6-18-9-13-4-3-5-16(8-13)20-12-14-7-15(17)11-19-10-14/h3-5,7-8,10-11,18H,2,6,9,12H2,1H3. The summed E-state index contributed by atoms with van der Waals surface area (Å²) < 4.78 is 13.0. The Morgan fingerprint density at radius 2 is 2.10 bits per heavy atom. The summed E-state index contributed by atoms with van der Waals surface area (Å²) in [6, 6.07) is 9.99. The fraction of sp³-hybridized carbons (Fsp3) is 0.312. The molecule has 4 heteroatoms. The van der Waals surface area contributed by atoms with E-state index in [0.29, 0.717) is 0 Å². The van der Waals surface area contributed by atoms with Crippen LogP contribution in [0.2, 0.25) is 0 Å². The van der Waals surface area contributed by atoms with Crippen LogP contribution in [0.4, 0.5) is 4.39 Å². The number of hydrogen-bond acceptors (Lipinski definition) is 3. The molecule has 0 saturated heterocycles. The normalized spacial score (nSPS) is 10.7. The quantitative estimate of drug-likeness (QED) is 0.616. The highest BCUT2D eigenvalue weighted by atomic mass is 32.2. The van der Waals surface area contributed by atoms with Crippen molar-refractivity contribution >= 4 is 11.8 Å². The van der Waals surface area contributed by atoms with Crippen molar-refractivity contribution in [2.75, 3.05) is 6.54 Å². The van der Waals surface area contributed by atoms with Gasteiger partial charge in [0.2, 0.25) is 0 Å². The zero-order chi connectivity index (χ0) is 14.2. The van der Waals surface area contributed by atoms with Crippen molar-refractivity contribution < 1.29 is 4.39 Å². The van der Waals surface area contributed by atoms with Crippen LogP contribution in [0.25, 0.3) is 0 Å². The Balaban J connectivity index is 1.91. The first-order valence-corrected chi connectivity index (χ1v) is 7.78. The molecule has 2 nitrogen and oxygen atoms in total. The molecule has 20 heavy (non-hydrogen) atoms. The number of halogens is 1. The number of hydrogen-bond donors (Lipinski definition) is 1. The van der Waals surface area contributed by atoms with Gasteiger partial charge in [0.25, 0.3) is 0 Å². The smallest absolute Gasteiger partial charge is 0.141 e. The van der Waals surface area contributed by atoms with Crippen molar-refractivity contribution in [1.29, 1.82) is 0 Å². The van der Waals surface area contributed by atoms with Gasteiger partial charge >= 0.3 is 0 Å². The number of pyridine rings is 1. The molecule has 1 aromatic carbocycles. The second-order valence-corrected chi connectivity index (χ2v) is 5.67. The van der Waals surface area contributed by atoms with E-state index in [4.69, 9.17) is 0 Å². The first-order chi connectivity index (χ1) is 9.78. The van der Waals surface area contributed by atoms with Crippen LogP contribution in [0.1, 0.15) is 24.5 Å². The summed E-state index contributed by atoms with van der Waals surface area (Å²) >= 11 is 1.70. The van der Waals surface area contributed by atoms with Gasteiger partial charge in [-0.1, -0.05) is 19.1 Å². The maximum Gasteiger partial charge on any atom is 0.141 e. The van der Waals surface area contributed by atoms with E-state index in [2.05, 4.69) is 41.5 Å². The third-order valence-corrected chi connectivity index (χ3v) is 3.89. The van der Waals surface area contributed by atoms with E-state index in [1.807, 2.05) is 0 Å². The Morgan fingerprint density at radius 3 is 2.90 bits per heavy atom. The van der Waals surface area contributed by atoms with Crippen LogP contribution in [0.3, 0.4) is 0 Å². The van der Waals surface area contributed by atoms with Gasteiger partial charge < -0.3 is 5.32 Å². The fourth-order valence-electron chi connectivity index (χ4n) is 1.86. The summed E-state index contributed by atoms with van der Waals surface area (Å²) in [5.41, 5.74) is 2.19. The molecule has 106 valence electrons. The minimum Gasteiger partial charge on any atom is -0.313 e. The van der Waals surface area contributed by atoms with Crippen LogP contribution in [-0.4, -0.2) is 11.5 Å². The number of thioether (sulfide) groups is 1. The van der Waals surface area contributed by atoms with Crippen molar-refractivity contribution in [1.82, 2.24) is 10.3 Å². The maximum absolute atomic E-state index is 13.0. The fourth-order valence-corrected chi connectivity index (χ4v) is 2.76. The summed E-state index contributed by atoms with van der Waals surface area (Å²) in [4.78, 5) is 5.06. The van der Waals surface area contributed by atoms with Crippen molar-refractivity contribution in [3.8, 4) is 0 Å². The topological polar surface area (TPSA) is 24.9 Å². The van der Waals surface area contributed by atoms with E-state index in [-0.39, 0.29) is 5.82 Å². The van der Waals surface area contributed by atoms with Crippen molar-refractivity contribution in [2.24, 2.45) is 0 Å². The van der Waals surface area contributed by atoms with Crippen LogP contribution < -0.4 is 5.32 Å². The number of nitrogens with zero attached hydrogens (tertiary/aromatic N) is 1. The summed E-state index contributed by atoms with van der Waals surface area (Å²) in [6.45, 7) is 4.09. The molecule has 0 amide bonds. The Labute approximate surface area is 123 Å². The molecule has 0 saturated carbocycles. The molecule has 0 spiro atoms. The predicted molar refractivity (Wildman–Crippen MR) is 82.2 cm³/mol. The predicted octanol–water partition coefficient (Wildman–Crippen LogP) is 4.01. The maximum atomic E-state index is 13.0. The Hall–Kier alpha value is -1.39. The highest BCUT2D eigenvalue weighted by Crippen LogP contribution is 2.23. The van der Waals surface area contributed by atoms with Crippen molar-refractivity contribution in [3.63, 3.8) is 0 Å². The molecule has 0 aliphatic carbocycles. The van der Waals surface area contributed by atoms with Gasteiger partial charge in [0.15, 0.2) is 0 Å². The lowest BCUT2D eigenvalue weighted by Crippen LogP contribution is -2.13. The molecule has 0 bridgehead atoms. The lowest BCUT2D eigenvalue weighted by atomic mass is 10.2. The van der Waals surface area contributed by atoms with Gasteiger partial charge in [-0.25, -0.2) is 4.39 Å². The second-order valence-electron chi connectivity index (χ2n) is 4.62. The monoisotopic (exact) mass is 290 g/mol. The zero-order valence-electron chi connectivity index (χ0n) is 11.6. The van der Waals surface area contributed by atoms with Crippen molar-refractivity contribution in [3.05, 3.63) is 59.7 Å². The van der Waals surface area contributed by atoms with Gasteiger partial charge in [-0.3, -0.25) is 4.98 Å². The van der Waals surface area contributed by atoms with Crippen LogP contribution in [0, 0.1) is 5.82 Å². The average Bonchev–Trinajstić information content (AvgIpc) is 2.46. The summed E-state index contributed by atoms with van der Waals surface area (Å²) in [6.07, 6.45) is 4.08. The van der Waals surface area contributed by atoms with E-state index in [0.717, 1.165) is 30.8 Å². The third kappa shape index (κ3) is 4.94. The zero-order valence-corrected chi connectivity index (χ0v) is 12.4. The minimum absolute atomic E-state index is 0.277. The first-order valence-electron chi connectivity index (χ1n) is 6.80. The number of nitrogens with one attached hydrogen (secondary N) is 1. The highest BCUT2D eigenvalue weighted by Gasteiger charge is 2.00. The molecule has 0 unspecified atom stereocenters. The average molecular weight is 290 g/mol. The molecule has 2 rings (SSSR count). The molecule has 0 fully saturated rings.